The Balaban J connectivity index is 1.87. The summed E-state index contributed by atoms with van der Waals surface area (Å²) in [5.74, 6) is 0.764. The summed E-state index contributed by atoms with van der Waals surface area (Å²) in [6.07, 6.45) is 5.68. The van der Waals surface area contributed by atoms with E-state index in [9.17, 15) is 9.59 Å². The third-order valence-electron chi connectivity index (χ3n) is 4.16. The van der Waals surface area contributed by atoms with E-state index >= 15 is 0 Å². The number of urea groups is 1. The fraction of sp³-hybridized carbons (Fsp3) is 0.846. The molecule has 5 nitrogen and oxygen atoms in total. The van der Waals surface area contributed by atoms with Gasteiger partial charge in [-0.05, 0) is 19.1 Å². The lowest BCUT2D eigenvalue weighted by molar-refractivity contribution is -0.138. The molecular weight excluding hydrogens is 296 g/mol. The van der Waals surface area contributed by atoms with Gasteiger partial charge in [0.2, 0.25) is 0 Å². The molecule has 1 aliphatic carbocycles. The van der Waals surface area contributed by atoms with Crippen molar-refractivity contribution in [3.05, 3.63) is 0 Å². The van der Waals surface area contributed by atoms with Crippen LogP contribution in [-0.4, -0.2) is 63.6 Å². The van der Waals surface area contributed by atoms with Crippen molar-refractivity contribution in [3.8, 4) is 0 Å². The molecule has 0 bridgehead atoms. The lowest BCUT2D eigenvalue weighted by Crippen LogP contribution is -2.54. The minimum Gasteiger partial charge on any atom is -0.481 e. The van der Waals surface area contributed by atoms with Crippen molar-refractivity contribution in [2.45, 2.75) is 36.5 Å². The summed E-state index contributed by atoms with van der Waals surface area (Å²) in [6, 6.07) is -0.283. The van der Waals surface area contributed by atoms with E-state index in [2.05, 4.69) is 11.6 Å². The maximum atomic E-state index is 12.3. The average Bonchev–Trinajstić information content (AvgIpc) is 2.37. The van der Waals surface area contributed by atoms with Crippen LogP contribution in [0.5, 0.6) is 0 Å². The zero-order valence-electron chi connectivity index (χ0n) is 11.8. The zero-order valence-corrected chi connectivity index (χ0v) is 13.4. The zero-order chi connectivity index (χ0) is 14.6. The predicted molar refractivity (Wildman–Crippen MR) is 83.6 cm³/mol. The summed E-state index contributed by atoms with van der Waals surface area (Å²) in [5, 5.41) is 12.0. The Morgan fingerprint density at radius 3 is 2.80 bits per heavy atom. The number of aliphatic carboxylic acids is 1. The molecule has 20 heavy (non-hydrogen) atoms. The molecule has 2 N–H and O–H groups in total. The lowest BCUT2D eigenvalue weighted by Gasteiger charge is -2.41. The van der Waals surface area contributed by atoms with Crippen molar-refractivity contribution in [1.82, 2.24) is 10.2 Å². The van der Waals surface area contributed by atoms with E-state index in [-0.39, 0.29) is 23.2 Å². The number of carboxylic acid groups (broad SMARTS) is 1. The van der Waals surface area contributed by atoms with Crippen molar-refractivity contribution >= 4 is 35.5 Å². The van der Waals surface area contributed by atoms with Gasteiger partial charge in [-0.25, -0.2) is 4.79 Å². The van der Waals surface area contributed by atoms with Crippen LogP contribution in [-0.2, 0) is 4.79 Å². The van der Waals surface area contributed by atoms with Crippen molar-refractivity contribution in [2.24, 2.45) is 0 Å². The minimum absolute atomic E-state index is 0.0358. The van der Waals surface area contributed by atoms with Gasteiger partial charge in [0, 0.05) is 29.3 Å². The standard InChI is InChI=1S/C13H22N2O3S2/c1-19-13(3-2-4-13)9-14-12(18)15-5-6-20-8-10(15)7-11(16)17/h10H,2-9H2,1H3,(H,14,18)(H,16,17). The van der Waals surface area contributed by atoms with Gasteiger partial charge in [-0.3, -0.25) is 4.79 Å². The first-order chi connectivity index (χ1) is 9.56. The second-order valence-corrected chi connectivity index (χ2v) is 7.84. The number of nitrogens with one attached hydrogen (secondary N) is 1. The van der Waals surface area contributed by atoms with E-state index in [1.807, 2.05) is 11.8 Å². The molecule has 1 saturated carbocycles. The Morgan fingerprint density at radius 1 is 1.50 bits per heavy atom. The van der Waals surface area contributed by atoms with Gasteiger partial charge in [-0.1, -0.05) is 6.42 Å². The molecule has 1 heterocycles. The highest BCUT2D eigenvalue weighted by molar-refractivity contribution is 8.00. The Bertz CT molecular complexity index is 369. The van der Waals surface area contributed by atoms with Crippen LogP contribution in [0.25, 0.3) is 0 Å². The molecule has 1 atom stereocenters. The van der Waals surface area contributed by atoms with Crippen LogP contribution in [0.4, 0.5) is 4.79 Å². The van der Waals surface area contributed by atoms with Crippen LogP contribution in [0.3, 0.4) is 0 Å². The van der Waals surface area contributed by atoms with Gasteiger partial charge in [0.15, 0.2) is 0 Å². The van der Waals surface area contributed by atoms with Crippen LogP contribution in [0, 0.1) is 0 Å². The van der Waals surface area contributed by atoms with Gasteiger partial charge in [-0.15, -0.1) is 0 Å². The molecule has 0 radical (unpaired) electrons. The number of amides is 2. The number of carbonyl (C=O) groups is 2. The number of carboxylic acids is 1. The molecule has 0 aromatic carbocycles. The quantitative estimate of drug-likeness (QED) is 0.810. The summed E-state index contributed by atoms with van der Waals surface area (Å²) in [5.41, 5.74) is 0. The highest BCUT2D eigenvalue weighted by atomic mass is 32.2. The van der Waals surface area contributed by atoms with E-state index in [1.165, 1.54) is 6.42 Å². The second kappa shape index (κ2) is 6.93. The monoisotopic (exact) mass is 318 g/mol. The largest absolute Gasteiger partial charge is 0.481 e. The minimum atomic E-state index is -0.838. The molecule has 2 fully saturated rings. The fourth-order valence-corrected chi connectivity index (χ4v) is 4.63. The van der Waals surface area contributed by atoms with E-state index in [0.29, 0.717) is 18.8 Å². The first-order valence-electron chi connectivity index (χ1n) is 6.95. The normalized spacial score (nSPS) is 24.9. The molecule has 2 aliphatic rings. The van der Waals surface area contributed by atoms with Crippen molar-refractivity contribution in [1.29, 1.82) is 0 Å². The smallest absolute Gasteiger partial charge is 0.317 e. The number of carbonyl (C=O) groups excluding carboxylic acids is 1. The van der Waals surface area contributed by atoms with E-state index in [0.717, 1.165) is 18.6 Å². The van der Waals surface area contributed by atoms with E-state index in [4.69, 9.17) is 5.11 Å². The van der Waals surface area contributed by atoms with Gasteiger partial charge in [0.1, 0.15) is 0 Å². The molecular formula is C13H22N2O3S2. The Morgan fingerprint density at radius 2 is 2.25 bits per heavy atom. The van der Waals surface area contributed by atoms with Gasteiger partial charge in [0.05, 0.1) is 12.5 Å². The van der Waals surface area contributed by atoms with Crippen LogP contribution < -0.4 is 5.32 Å². The average molecular weight is 318 g/mol. The summed E-state index contributed by atoms with van der Waals surface area (Å²) >= 11 is 3.55. The molecule has 0 spiro atoms. The Hall–Kier alpha value is -0.560. The highest BCUT2D eigenvalue weighted by Crippen LogP contribution is 2.42. The summed E-state index contributed by atoms with van der Waals surface area (Å²) in [7, 11) is 0. The van der Waals surface area contributed by atoms with Gasteiger partial charge in [0.25, 0.3) is 0 Å². The fourth-order valence-electron chi connectivity index (χ4n) is 2.66. The molecule has 7 heteroatoms. The van der Waals surface area contributed by atoms with Crippen LogP contribution in [0.15, 0.2) is 0 Å². The van der Waals surface area contributed by atoms with Crippen LogP contribution >= 0.6 is 23.5 Å². The molecule has 1 aliphatic heterocycles. The van der Waals surface area contributed by atoms with E-state index < -0.39 is 5.97 Å². The maximum Gasteiger partial charge on any atom is 0.317 e. The van der Waals surface area contributed by atoms with Gasteiger partial charge >= 0.3 is 12.0 Å². The first-order valence-corrected chi connectivity index (χ1v) is 9.33. The molecule has 0 aromatic rings. The van der Waals surface area contributed by atoms with Crippen molar-refractivity contribution < 1.29 is 14.7 Å². The highest BCUT2D eigenvalue weighted by Gasteiger charge is 2.37. The molecule has 0 aromatic heterocycles. The maximum absolute atomic E-state index is 12.3. The number of hydrogen-bond donors (Lipinski definition) is 2. The topological polar surface area (TPSA) is 69.6 Å². The van der Waals surface area contributed by atoms with Crippen LogP contribution in [0.2, 0.25) is 0 Å². The SMILES string of the molecule is CSC1(CNC(=O)N2CCSCC2CC(=O)O)CCC1. The van der Waals surface area contributed by atoms with Crippen molar-refractivity contribution in [3.63, 3.8) is 0 Å². The number of thioether (sulfide) groups is 2. The van der Waals surface area contributed by atoms with Gasteiger partial charge in [-0.2, -0.15) is 23.5 Å². The number of rotatable bonds is 5. The summed E-state index contributed by atoms with van der Waals surface area (Å²) in [6.45, 7) is 1.33. The van der Waals surface area contributed by atoms with Crippen LogP contribution in [0.1, 0.15) is 25.7 Å². The molecule has 114 valence electrons. The molecule has 2 rings (SSSR count). The molecule has 2 amide bonds. The Labute approximate surface area is 128 Å². The van der Waals surface area contributed by atoms with Crippen molar-refractivity contribution in [2.75, 3.05) is 30.9 Å². The number of hydrogen-bond acceptors (Lipinski definition) is 4. The predicted octanol–water partition coefficient (Wildman–Crippen LogP) is 1.87. The third-order valence-corrected chi connectivity index (χ3v) is 6.67. The summed E-state index contributed by atoms with van der Waals surface area (Å²) in [4.78, 5) is 24.9. The van der Waals surface area contributed by atoms with Gasteiger partial charge < -0.3 is 15.3 Å². The Kier molecular flexibility index (Phi) is 5.49. The van der Waals surface area contributed by atoms with E-state index in [1.54, 1.807) is 16.7 Å². The first kappa shape index (κ1) is 15.8. The summed E-state index contributed by atoms with van der Waals surface area (Å²) < 4.78 is 0.211. The molecule has 1 saturated heterocycles. The lowest BCUT2D eigenvalue weighted by atomic mass is 9.84. The number of nitrogens with zero attached hydrogens (tertiary/aromatic N) is 1. The second-order valence-electron chi connectivity index (χ2n) is 5.42. The third kappa shape index (κ3) is 3.75. The molecule has 1 unspecified atom stereocenters.